The van der Waals surface area contributed by atoms with Gasteiger partial charge in [-0.3, -0.25) is 4.79 Å². The predicted molar refractivity (Wildman–Crippen MR) is 152 cm³/mol. The fourth-order valence-corrected chi connectivity index (χ4v) is 5.76. The van der Waals surface area contributed by atoms with E-state index in [-0.39, 0.29) is 25.2 Å². The molecule has 3 heterocycles. The molecule has 2 aliphatic rings. The maximum absolute atomic E-state index is 13.4. The number of amides is 2. The van der Waals surface area contributed by atoms with Crippen LogP contribution in [0.3, 0.4) is 0 Å². The number of carboxylic acid groups (broad SMARTS) is 1. The number of aromatic nitrogens is 3. The van der Waals surface area contributed by atoms with E-state index < -0.39 is 18.8 Å². The number of nitrogens with one attached hydrogen (secondary N) is 1. The second-order valence-corrected chi connectivity index (χ2v) is 11.2. The first-order chi connectivity index (χ1) is 19.8. The second kappa shape index (κ2) is 10.7. The molecule has 10 nitrogen and oxygen atoms in total. The van der Waals surface area contributed by atoms with Gasteiger partial charge in [-0.15, -0.1) is 0 Å². The van der Waals surface area contributed by atoms with Crippen LogP contribution in [0.4, 0.5) is 9.18 Å². The molecule has 1 aliphatic heterocycles. The van der Waals surface area contributed by atoms with Crippen LogP contribution in [-0.4, -0.2) is 79.7 Å². The summed E-state index contributed by atoms with van der Waals surface area (Å²) in [5, 5.41) is 21.7. The molecule has 2 aromatic heterocycles. The number of aliphatic hydroxyl groups excluding tert-OH is 1. The zero-order valence-corrected chi connectivity index (χ0v) is 23.1. The van der Waals surface area contributed by atoms with E-state index in [0.29, 0.717) is 30.0 Å². The van der Waals surface area contributed by atoms with Crippen molar-refractivity contribution in [1.82, 2.24) is 24.3 Å². The van der Waals surface area contributed by atoms with Crippen LogP contribution >= 0.6 is 0 Å². The molecule has 2 amide bonds. The lowest BCUT2D eigenvalue weighted by molar-refractivity contribution is 0.0714. The Morgan fingerprint density at radius 2 is 2.07 bits per heavy atom. The standard InChI is InChI=1S/C30H34FN5O5/c1-17(16-37)41-26-5-3-4-20-11-25(36(27(20)26)14-18-6-7-18)28-33-23-12-22-19(10-24(23)34(28)2)8-9-35(29(22)38)15-21(13-31)32-30(39)40/h3-5,10-12,17-18,21,32,37H,6-9,13-16H2,1-2H3,(H,39,40)/t17-,21+/m0/s1. The number of carbonyl (C=O) groups is 2. The molecule has 2 atom stereocenters. The van der Waals surface area contributed by atoms with Crippen LogP contribution in [0.2, 0.25) is 0 Å². The maximum atomic E-state index is 13.4. The molecule has 0 radical (unpaired) electrons. The number of fused-ring (bicyclic) bond motifs is 3. The minimum Gasteiger partial charge on any atom is -0.486 e. The first-order valence-electron chi connectivity index (χ1n) is 14.0. The Kier molecular flexibility index (Phi) is 7.06. The molecule has 11 heteroatoms. The Balaban J connectivity index is 1.40. The Bertz CT molecular complexity index is 1640. The molecule has 216 valence electrons. The predicted octanol–water partition coefficient (Wildman–Crippen LogP) is 3.97. The average Bonchev–Trinajstić information content (AvgIpc) is 3.62. The Morgan fingerprint density at radius 3 is 2.78 bits per heavy atom. The number of halogens is 1. The van der Waals surface area contributed by atoms with E-state index in [0.717, 1.165) is 45.8 Å². The monoisotopic (exact) mass is 563 g/mol. The smallest absolute Gasteiger partial charge is 0.405 e. The number of imidazole rings is 1. The minimum atomic E-state index is -1.32. The molecule has 1 aliphatic carbocycles. The lowest BCUT2D eigenvalue weighted by Gasteiger charge is -2.31. The summed E-state index contributed by atoms with van der Waals surface area (Å²) >= 11 is 0. The van der Waals surface area contributed by atoms with Gasteiger partial charge < -0.3 is 34.3 Å². The molecule has 0 unspecified atom stereocenters. The van der Waals surface area contributed by atoms with Crippen molar-refractivity contribution in [3.8, 4) is 17.3 Å². The summed E-state index contributed by atoms with van der Waals surface area (Å²) in [5.74, 6) is 1.82. The lowest BCUT2D eigenvalue weighted by atomic mass is 9.97. The van der Waals surface area contributed by atoms with Crippen molar-refractivity contribution >= 4 is 33.9 Å². The number of hydrogen-bond donors (Lipinski definition) is 3. The van der Waals surface area contributed by atoms with Gasteiger partial charge in [0.1, 0.15) is 18.5 Å². The van der Waals surface area contributed by atoms with Gasteiger partial charge in [0, 0.05) is 37.6 Å². The molecule has 0 spiro atoms. The number of alkyl halides is 1. The van der Waals surface area contributed by atoms with Crippen molar-refractivity contribution in [3.05, 3.63) is 47.5 Å². The number of hydrogen-bond acceptors (Lipinski definition) is 5. The normalized spacial score (nSPS) is 16.7. The number of nitrogens with zero attached hydrogens (tertiary/aromatic N) is 4. The number of rotatable bonds is 10. The molecule has 3 N–H and O–H groups in total. The minimum absolute atomic E-state index is 0.0346. The number of aryl methyl sites for hydroxylation is 1. The second-order valence-electron chi connectivity index (χ2n) is 11.2. The van der Waals surface area contributed by atoms with Gasteiger partial charge in [0.05, 0.1) is 34.9 Å². The molecular weight excluding hydrogens is 529 g/mol. The maximum Gasteiger partial charge on any atom is 0.405 e. The third-order valence-corrected chi connectivity index (χ3v) is 8.06. The third kappa shape index (κ3) is 5.10. The van der Waals surface area contributed by atoms with E-state index in [9.17, 15) is 19.1 Å². The molecule has 0 saturated heterocycles. The first-order valence-corrected chi connectivity index (χ1v) is 14.0. The Labute approximate surface area is 236 Å². The fourth-order valence-electron chi connectivity index (χ4n) is 5.76. The van der Waals surface area contributed by atoms with Crippen molar-refractivity contribution in [2.45, 2.75) is 44.9 Å². The summed E-state index contributed by atoms with van der Waals surface area (Å²) in [5.41, 5.74) is 4.91. The molecule has 1 saturated carbocycles. The molecule has 41 heavy (non-hydrogen) atoms. The van der Waals surface area contributed by atoms with Crippen LogP contribution in [0.5, 0.6) is 5.75 Å². The Hall–Kier alpha value is -4.12. The van der Waals surface area contributed by atoms with Gasteiger partial charge in [0.2, 0.25) is 0 Å². The molecular formula is C30H34FN5O5. The van der Waals surface area contributed by atoms with Crippen LogP contribution in [0.1, 0.15) is 35.7 Å². The van der Waals surface area contributed by atoms with Crippen molar-refractivity contribution < 1.29 is 28.9 Å². The van der Waals surface area contributed by atoms with E-state index in [1.807, 2.05) is 32.2 Å². The van der Waals surface area contributed by atoms with Crippen LogP contribution in [0.15, 0.2) is 36.4 Å². The highest BCUT2D eigenvalue weighted by Gasteiger charge is 2.30. The van der Waals surface area contributed by atoms with Crippen molar-refractivity contribution in [2.75, 3.05) is 26.4 Å². The van der Waals surface area contributed by atoms with Gasteiger partial charge in [-0.25, -0.2) is 14.2 Å². The summed E-state index contributed by atoms with van der Waals surface area (Å²) < 4.78 is 23.8. The van der Waals surface area contributed by atoms with Crippen molar-refractivity contribution in [1.29, 1.82) is 0 Å². The topological polar surface area (TPSA) is 122 Å². The highest BCUT2D eigenvalue weighted by atomic mass is 19.1. The van der Waals surface area contributed by atoms with Crippen molar-refractivity contribution in [2.24, 2.45) is 13.0 Å². The number of benzene rings is 2. The van der Waals surface area contributed by atoms with Gasteiger partial charge in [-0.05, 0) is 61.9 Å². The summed E-state index contributed by atoms with van der Waals surface area (Å²) in [7, 11) is 1.97. The van der Waals surface area contributed by atoms with E-state index in [2.05, 4.69) is 26.6 Å². The highest BCUT2D eigenvalue weighted by molar-refractivity contribution is 6.01. The van der Waals surface area contributed by atoms with Gasteiger partial charge in [-0.1, -0.05) is 12.1 Å². The number of para-hydroxylation sites is 1. The highest BCUT2D eigenvalue weighted by Crippen LogP contribution is 2.39. The Morgan fingerprint density at radius 1 is 1.27 bits per heavy atom. The molecule has 2 aromatic carbocycles. The summed E-state index contributed by atoms with van der Waals surface area (Å²) in [6.45, 7) is 2.04. The first kappa shape index (κ1) is 27.1. The number of ether oxygens (including phenoxy) is 1. The van der Waals surface area contributed by atoms with E-state index in [4.69, 9.17) is 14.8 Å². The average molecular weight is 564 g/mol. The summed E-state index contributed by atoms with van der Waals surface area (Å²) in [4.78, 5) is 30.9. The zero-order chi connectivity index (χ0) is 28.8. The van der Waals surface area contributed by atoms with Crippen LogP contribution in [0, 0.1) is 5.92 Å². The zero-order valence-electron chi connectivity index (χ0n) is 23.1. The van der Waals surface area contributed by atoms with Gasteiger partial charge in [-0.2, -0.15) is 0 Å². The quantitative estimate of drug-likeness (QED) is 0.269. The molecule has 6 rings (SSSR count). The van der Waals surface area contributed by atoms with Gasteiger partial charge in [0.25, 0.3) is 5.91 Å². The number of carbonyl (C=O) groups excluding carboxylic acids is 1. The van der Waals surface area contributed by atoms with Gasteiger partial charge >= 0.3 is 6.09 Å². The SMILES string of the molecule is C[C@@H](CO)Oc1cccc2cc(-c3nc4cc5c(cc4n3C)CCN(C[C@@H](CF)NC(=O)O)C5=O)n(CC3CC3)c12. The molecule has 0 bridgehead atoms. The lowest BCUT2D eigenvalue weighted by Crippen LogP contribution is -2.48. The van der Waals surface area contributed by atoms with E-state index >= 15 is 0 Å². The van der Waals surface area contributed by atoms with Crippen LogP contribution in [0.25, 0.3) is 33.5 Å². The summed E-state index contributed by atoms with van der Waals surface area (Å²) in [6.07, 6.45) is 1.27. The third-order valence-electron chi connectivity index (χ3n) is 8.06. The molecule has 4 aromatic rings. The van der Waals surface area contributed by atoms with Crippen molar-refractivity contribution in [3.63, 3.8) is 0 Å². The fraction of sp³-hybridized carbons (Fsp3) is 0.433. The van der Waals surface area contributed by atoms with Gasteiger partial charge in [0.15, 0.2) is 5.82 Å². The number of aliphatic hydroxyl groups is 1. The van der Waals surface area contributed by atoms with E-state index in [1.165, 1.54) is 17.7 Å². The summed E-state index contributed by atoms with van der Waals surface area (Å²) in [6, 6.07) is 10.9. The molecule has 1 fully saturated rings. The van der Waals surface area contributed by atoms with E-state index in [1.54, 1.807) is 6.07 Å². The van der Waals surface area contributed by atoms with Crippen LogP contribution < -0.4 is 10.1 Å². The largest absolute Gasteiger partial charge is 0.486 e. The van der Waals surface area contributed by atoms with Crippen LogP contribution in [-0.2, 0) is 20.0 Å².